The predicted molar refractivity (Wildman–Crippen MR) is 88.0 cm³/mol. The van der Waals surface area contributed by atoms with Crippen LogP contribution in [-0.2, 0) is 4.79 Å². The Balaban J connectivity index is 2.16. The van der Waals surface area contributed by atoms with Gasteiger partial charge in [-0.1, -0.05) is 13.8 Å². The molecule has 1 aromatic heterocycles. The SMILES string of the molecule is CC(C)C(C(=O)N1CCCC1C)N(N)/C=C(\N)c1ccc[nH]1. The summed E-state index contributed by atoms with van der Waals surface area (Å²) in [5.74, 6) is 6.33. The molecule has 6 heteroatoms. The normalized spacial score (nSPS) is 20.5. The lowest BCUT2D eigenvalue weighted by Crippen LogP contribution is -2.53. The summed E-state index contributed by atoms with van der Waals surface area (Å²) in [5.41, 5.74) is 7.35. The van der Waals surface area contributed by atoms with Crippen LogP contribution in [0.3, 0.4) is 0 Å². The lowest BCUT2D eigenvalue weighted by atomic mass is 10.0. The number of aromatic nitrogens is 1. The minimum Gasteiger partial charge on any atom is -0.396 e. The van der Waals surface area contributed by atoms with Crippen molar-refractivity contribution in [2.24, 2.45) is 17.5 Å². The minimum absolute atomic E-state index is 0.0815. The Morgan fingerprint density at radius 3 is 2.77 bits per heavy atom. The van der Waals surface area contributed by atoms with Gasteiger partial charge in [0.05, 0.1) is 11.4 Å². The van der Waals surface area contributed by atoms with Crippen molar-refractivity contribution in [1.29, 1.82) is 0 Å². The Hall–Kier alpha value is -1.95. The van der Waals surface area contributed by atoms with Gasteiger partial charge in [0.15, 0.2) is 0 Å². The number of hydrogen-bond acceptors (Lipinski definition) is 4. The van der Waals surface area contributed by atoms with Crippen molar-refractivity contribution in [3.05, 3.63) is 30.2 Å². The second kappa shape index (κ2) is 6.87. The van der Waals surface area contributed by atoms with Crippen LogP contribution in [0.2, 0.25) is 0 Å². The van der Waals surface area contributed by atoms with E-state index in [2.05, 4.69) is 11.9 Å². The number of likely N-dealkylation sites (tertiary alicyclic amines) is 1. The summed E-state index contributed by atoms with van der Waals surface area (Å²) >= 11 is 0. The fourth-order valence-corrected chi connectivity index (χ4v) is 3.01. The van der Waals surface area contributed by atoms with Gasteiger partial charge in [-0.3, -0.25) is 4.79 Å². The van der Waals surface area contributed by atoms with Crippen molar-refractivity contribution in [2.45, 2.75) is 45.7 Å². The molecule has 6 nitrogen and oxygen atoms in total. The van der Waals surface area contributed by atoms with E-state index < -0.39 is 6.04 Å². The predicted octanol–water partition coefficient (Wildman–Crippen LogP) is 1.48. The highest BCUT2D eigenvalue weighted by atomic mass is 16.2. The zero-order valence-electron chi connectivity index (χ0n) is 13.6. The molecule has 2 rings (SSSR count). The van der Waals surface area contributed by atoms with Gasteiger partial charge in [0.2, 0.25) is 5.91 Å². The highest BCUT2D eigenvalue weighted by Gasteiger charge is 2.34. The Kier molecular flexibility index (Phi) is 5.13. The highest BCUT2D eigenvalue weighted by Crippen LogP contribution is 2.21. The molecule has 2 heterocycles. The van der Waals surface area contributed by atoms with Gasteiger partial charge in [-0.25, -0.2) is 5.84 Å². The lowest BCUT2D eigenvalue weighted by molar-refractivity contribution is -0.138. The minimum atomic E-state index is -0.408. The van der Waals surface area contributed by atoms with Crippen molar-refractivity contribution in [3.8, 4) is 0 Å². The van der Waals surface area contributed by atoms with Crippen molar-refractivity contribution in [3.63, 3.8) is 0 Å². The summed E-state index contributed by atoms with van der Waals surface area (Å²) in [4.78, 5) is 17.8. The summed E-state index contributed by atoms with van der Waals surface area (Å²) in [6.45, 7) is 6.91. The molecule has 2 unspecified atom stereocenters. The van der Waals surface area contributed by atoms with E-state index >= 15 is 0 Å². The second-order valence-electron chi connectivity index (χ2n) is 6.33. The number of aromatic amines is 1. The number of carbonyl (C=O) groups is 1. The van der Waals surface area contributed by atoms with Crippen molar-refractivity contribution < 1.29 is 4.79 Å². The molecule has 1 amide bonds. The first kappa shape index (κ1) is 16.4. The molecule has 0 spiro atoms. The van der Waals surface area contributed by atoms with Gasteiger partial charge in [0, 0.05) is 25.0 Å². The molecule has 2 atom stereocenters. The molecule has 1 aromatic rings. The molecule has 1 fully saturated rings. The average molecular weight is 305 g/mol. The Morgan fingerprint density at radius 2 is 2.27 bits per heavy atom. The Bertz CT molecular complexity index is 523. The molecule has 122 valence electrons. The van der Waals surface area contributed by atoms with Gasteiger partial charge >= 0.3 is 0 Å². The number of nitrogens with two attached hydrogens (primary N) is 2. The average Bonchev–Trinajstić information content (AvgIpc) is 3.08. The summed E-state index contributed by atoms with van der Waals surface area (Å²) in [5, 5.41) is 1.45. The van der Waals surface area contributed by atoms with Crippen molar-refractivity contribution >= 4 is 11.6 Å². The zero-order chi connectivity index (χ0) is 16.3. The molecule has 0 aliphatic carbocycles. The van der Waals surface area contributed by atoms with Crippen LogP contribution in [-0.4, -0.2) is 39.4 Å². The third kappa shape index (κ3) is 3.44. The van der Waals surface area contributed by atoms with Crippen LogP contribution < -0.4 is 11.6 Å². The molecule has 0 radical (unpaired) electrons. The third-order valence-electron chi connectivity index (χ3n) is 4.24. The quantitative estimate of drug-likeness (QED) is 0.567. The Labute approximate surface area is 132 Å². The largest absolute Gasteiger partial charge is 0.396 e. The van der Waals surface area contributed by atoms with E-state index in [9.17, 15) is 4.79 Å². The van der Waals surface area contributed by atoms with E-state index in [1.807, 2.05) is 30.9 Å². The molecule has 1 aliphatic heterocycles. The third-order valence-corrected chi connectivity index (χ3v) is 4.24. The van der Waals surface area contributed by atoms with E-state index in [1.54, 1.807) is 12.4 Å². The van der Waals surface area contributed by atoms with Crippen LogP contribution in [0.25, 0.3) is 5.70 Å². The zero-order valence-corrected chi connectivity index (χ0v) is 13.6. The smallest absolute Gasteiger partial charge is 0.247 e. The first-order valence-corrected chi connectivity index (χ1v) is 7.86. The number of nitrogens with one attached hydrogen (secondary N) is 1. The number of rotatable bonds is 5. The Morgan fingerprint density at radius 1 is 1.55 bits per heavy atom. The number of hydrazine groups is 1. The first-order chi connectivity index (χ1) is 10.4. The van der Waals surface area contributed by atoms with Gasteiger partial charge in [-0.05, 0) is 37.8 Å². The summed E-state index contributed by atoms with van der Waals surface area (Å²) in [7, 11) is 0. The number of nitrogens with zero attached hydrogens (tertiary/aromatic N) is 2. The number of carbonyl (C=O) groups excluding carboxylic acids is 1. The summed E-state index contributed by atoms with van der Waals surface area (Å²) < 4.78 is 0. The fraction of sp³-hybridized carbons (Fsp3) is 0.562. The molecule has 0 aromatic carbocycles. The lowest BCUT2D eigenvalue weighted by Gasteiger charge is -2.34. The van der Waals surface area contributed by atoms with Gasteiger partial charge in [-0.2, -0.15) is 0 Å². The first-order valence-electron chi connectivity index (χ1n) is 7.86. The maximum Gasteiger partial charge on any atom is 0.247 e. The van der Waals surface area contributed by atoms with Gasteiger partial charge in [-0.15, -0.1) is 0 Å². The van der Waals surface area contributed by atoms with E-state index in [-0.39, 0.29) is 17.9 Å². The molecule has 0 bridgehead atoms. The maximum absolute atomic E-state index is 12.8. The molecule has 0 saturated carbocycles. The summed E-state index contributed by atoms with van der Waals surface area (Å²) in [6.07, 6.45) is 5.55. The number of H-pyrrole nitrogens is 1. The fourth-order valence-electron chi connectivity index (χ4n) is 3.01. The molecular weight excluding hydrogens is 278 g/mol. The van der Waals surface area contributed by atoms with Crippen LogP contribution in [0, 0.1) is 5.92 Å². The molecular formula is C16H27N5O. The van der Waals surface area contributed by atoms with Crippen molar-refractivity contribution in [1.82, 2.24) is 14.9 Å². The van der Waals surface area contributed by atoms with Crippen molar-refractivity contribution in [2.75, 3.05) is 6.54 Å². The summed E-state index contributed by atoms with van der Waals surface area (Å²) in [6, 6.07) is 3.61. The van der Waals surface area contributed by atoms with E-state index in [0.717, 1.165) is 25.1 Å². The van der Waals surface area contributed by atoms with Crippen LogP contribution in [0.4, 0.5) is 0 Å². The molecule has 1 saturated heterocycles. The monoisotopic (exact) mass is 305 g/mol. The molecule has 22 heavy (non-hydrogen) atoms. The van der Waals surface area contributed by atoms with Crippen LogP contribution >= 0.6 is 0 Å². The molecule has 1 aliphatic rings. The number of amides is 1. The van der Waals surface area contributed by atoms with E-state index in [4.69, 9.17) is 11.6 Å². The van der Waals surface area contributed by atoms with E-state index in [0.29, 0.717) is 5.70 Å². The van der Waals surface area contributed by atoms with Gasteiger partial charge in [0.1, 0.15) is 6.04 Å². The maximum atomic E-state index is 12.8. The van der Waals surface area contributed by atoms with E-state index in [1.165, 1.54) is 5.01 Å². The van der Waals surface area contributed by atoms with Gasteiger partial charge < -0.3 is 20.6 Å². The second-order valence-corrected chi connectivity index (χ2v) is 6.33. The topological polar surface area (TPSA) is 91.4 Å². The standard InChI is InChI=1S/C16H27N5O/c1-11(2)15(16(22)20-9-5-6-12(20)3)21(18)10-13(17)14-7-4-8-19-14/h4,7-8,10-12,15,19H,5-6,9,17-18H2,1-3H3/b13-10-. The van der Waals surface area contributed by atoms with Gasteiger partial charge in [0.25, 0.3) is 0 Å². The molecule has 5 N–H and O–H groups in total. The number of hydrogen-bond donors (Lipinski definition) is 3. The van der Waals surface area contributed by atoms with Crippen LogP contribution in [0.1, 0.15) is 39.3 Å². The van der Waals surface area contributed by atoms with Crippen LogP contribution in [0.5, 0.6) is 0 Å². The van der Waals surface area contributed by atoms with Crippen LogP contribution in [0.15, 0.2) is 24.5 Å². The highest BCUT2D eigenvalue weighted by molar-refractivity contribution is 5.83.